The molecule has 1 aromatic heterocycles. The van der Waals surface area contributed by atoms with E-state index in [4.69, 9.17) is 0 Å². The molecule has 2 aromatic carbocycles. The molecule has 1 amide bonds. The molecule has 4 rings (SSSR count). The Bertz CT molecular complexity index is 1180. The van der Waals surface area contributed by atoms with E-state index in [-0.39, 0.29) is 22.8 Å². The van der Waals surface area contributed by atoms with Crippen molar-refractivity contribution in [1.82, 2.24) is 4.98 Å². The van der Waals surface area contributed by atoms with Crippen molar-refractivity contribution in [2.24, 2.45) is 0 Å². The number of benzene rings is 2. The van der Waals surface area contributed by atoms with Crippen LogP contribution in [0.15, 0.2) is 72.6 Å². The lowest BCUT2D eigenvalue weighted by Gasteiger charge is -2.26. The first-order valence-corrected chi connectivity index (χ1v) is 10.0. The summed E-state index contributed by atoms with van der Waals surface area (Å²) in [5.74, 6) is -2.02. The Morgan fingerprint density at radius 1 is 1.10 bits per heavy atom. The highest BCUT2D eigenvalue weighted by molar-refractivity contribution is 6.51. The number of Topliss-reactive ketones (excluding diaryl/α,β-unsaturated/α-hetero) is 1. The molecule has 3 aromatic rings. The molecule has 1 aliphatic rings. The Balaban J connectivity index is 1.94. The Hall–Kier alpha value is -3.93. The van der Waals surface area contributed by atoms with Gasteiger partial charge in [0.1, 0.15) is 11.5 Å². The first-order chi connectivity index (χ1) is 14.9. The second kappa shape index (κ2) is 8.07. The predicted molar refractivity (Wildman–Crippen MR) is 118 cm³/mol. The van der Waals surface area contributed by atoms with E-state index < -0.39 is 17.7 Å². The summed E-state index contributed by atoms with van der Waals surface area (Å²) in [4.78, 5) is 31.5. The van der Waals surface area contributed by atoms with Crippen molar-refractivity contribution >= 4 is 23.1 Å². The van der Waals surface area contributed by atoms with Crippen molar-refractivity contribution in [1.29, 1.82) is 0 Å². The number of pyridine rings is 1. The quantitative estimate of drug-likeness (QED) is 0.378. The topological polar surface area (TPSA) is 90.7 Å². The van der Waals surface area contributed by atoms with Crippen LogP contribution in [0.3, 0.4) is 0 Å². The zero-order chi connectivity index (χ0) is 22.1. The van der Waals surface area contributed by atoms with Gasteiger partial charge in [-0.15, -0.1) is 0 Å². The maximum absolute atomic E-state index is 13.1. The standard InChI is InChI=1S/C25H22N2O4/c1-3-16-7-9-17(10-8-16)23(29)21-22(18-5-4-12-26-14-18)27(25(31)24(21)30)19-13-15(2)6-11-20(19)28/h4-14,22,28-29H,3H2,1-2H3/b23-21+. The molecule has 1 fully saturated rings. The molecule has 1 aliphatic heterocycles. The molecule has 0 saturated carbocycles. The fourth-order valence-electron chi connectivity index (χ4n) is 3.81. The van der Waals surface area contributed by atoms with Crippen LogP contribution in [0.25, 0.3) is 5.76 Å². The largest absolute Gasteiger partial charge is 0.507 e. The summed E-state index contributed by atoms with van der Waals surface area (Å²) in [6, 6.07) is 14.5. The fourth-order valence-corrected chi connectivity index (χ4v) is 3.81. The van der Waals surface area contributed by atoms with Crippen LogP contribution in [0, 0.1) is 6.92 Å². The Morgan fingerprint density at radius 2 is 1.84 bits per heavy atom. The molecule has 1 saturated heterocycles. The Morgan fingerprint density at radius 3 is 2.48 bits per heavy atom. The number of aromatic nitrogens is 1. The van der Waals surface area contributed by atoms with Crippen LogP contribution >= 0.6 is 0 Å². The molecule has 6 nitrogen and oxygen atoms in total. The Kier molecular flexibility index (Phi) is 5.29. The van der Waals surface area contributed by atoms with Crippen LogP contribution in [0.2, 0.25) is 0 Å². The van der Waals surface area contributed by atoms with E-state index in [0.29, 0.717) is 11.1 Å². The summed E-state index contributed by atoms with van der Waals surface area (Å²) in [5.41, 5.74) is 3.06. The summed E-state index contributed by atoms with van der Waals surface area (Å²) in [5, 5.41) is 21.6. The molecule has 156 valence electrons. The van der Waals surface area contributed by atoms with Crippen molar-refractivity contribution < 1.29 is 19.8 Å². The van der Waals surface area contributed by atoms with Crippen molar-refractivity contribution in [3.63, 3.8) is 0 Å². The molecule has 2 N–H and O–H groups in total. The Labute approximate surface area is 180 Å². The highest BCUT2D eigenvalue weighted by Gasteiger charge is 2.47. The molecular formula is C25H22N2O4. The number of anilines is 1. The summed E-state index contributed by atoms with van der Waals surface area (Å²) < 4.78 is 0. The number of nitrogens with zero attached hydrogens (tertiary/aromatic N) is 2. The van der Waals surface area contributed by atoms with Gasteiger partial charge in [-0.25, -0.2) is 0 Å². The minimum Gasteiger partial charge on any atom is -0.507 e. The van der Waals surface area contributed by atoms with E-state index in [1.54, 1.807) is 48.8 Å². The number of carbonyl (C=O) groups is 2. The summed E-state index contributed by atoms with van der Waals surface area (Å²) >= 11 is 0. The number of aliphatic hydroxyl groups is 1. The van der Waals surface area contributed by atoms with Crippen LogP contribution in [-0.2, 0) is 16.0 Å². The molecule has 0 radical (unpaired) electrons. The van der Waals surface area contributed by atoms with Crippen LogP contribution in [0.1, 0.15) is 35.2 Å². The van der Waals surface area contributed by atoms with Gasteiger partial charge >= 0.3 is 0 Å². The van der Waals surface area contributed by atoms with Crippen molar-refractivity contribution in [2.45, 2.75) is 26.3 Å². The van der Waals surface area contributed by atoms with Crippen molar-refractivity contribution in [3.05, 3.63) is 94.8 Å². The van der Waals surface area contributed by atoms with Crippen LogP contribution in [-0.4, -0.2) is 26.9 Å². The lowest BCUT2D eigenvalue weighted by atomic mass is 9.95. The molecule has 0 aliphatic carbocycles. The monoisotopic (exact) mass is 414 g/mol. The number of amides is 1. The van der Waals surface area contributed by atoms with E-state index in [1.165, 1.54) is 11.0 Å². The van der Waals surface area contributed by atoms with E-state index >= 15 is 0 Å². The smallest absolute Gasteiger partial charge is 0.300 e. The fraction of sp³-hybridized carbons (Fsp3) is 0.160. The average molecular weight is 414 g/mol. The number of phenols is 1. The first kappa shape index (κ1) is 20.3. The number of hydrogen-bond donors (Lipinski definition) is 2. The normalized spacial score (nSPS) is 17.9. The van der Waals surface area contributed by atoms with Crippen molar-refractivity contribution in [2.75, 3.05) is 4.90 Å². The van der Waals surface area contributed by atoms with Gasteiger partial charge < -0.3 is 10.2 Å². The third-order valence-corrected chi connectivity index (χ3v) is 5.47. The molecule has 2 heterocycles. The second-order valence-corrected chi connectivity index (χ2v) is 7.50. The number of carbonyl (C=O) groups excluding carboxylic acids is 2. The minimum absolute atomic E-state index is 0.0387. The highest BCUT2D eigenvalue weighted by Crippen LogP contribution is 2.44. The molecule has 6 heteroatoms. The zero-order valence-electron chi connectivity index (χ0n) is 17.2. The number of aryl methyl sites for hydroxylation is 2. The number of hydrogen-bond acceptors (Lipinski definition) is 5. The van der Waals surface area contributed by atoms with Gasteiger partial charge in [0.2, 0.25) is 0 Å². The molecule has 31 heavy (non-hydrogen) atoms. The van der Waals surface area contributed by atoms with Crippen molar-refractivity contribution in [3.8, 4) is 5.75 Å². The lowest BCUT2D eigenvalue weighted by Crippen LogP contribution is -2.29. The molecule has 0 spiro atoms. The third kappa shape index (κ3) is 3.57. The van der Waals surface area contributed by atoms with Gasteiger partial charge in [0, 0.05) is 18.0 Å². The number of ketones is 1. The van der Waals surface area contributed by atoms with Crippen LogP contribution in [0.4, 0.5) is 5.69 Å². The highest BCUT2D eigenvalue weighted by atomic mass is 16.3. The zero-order valence-corrected chi connectivity index (χ0v) is 17.2. The molecule has 1 unspecified atom stereocenters. The molecular weight excluding hydrogens is 392 g/mol. The van der Waals surface area contributed by atoms with Crippen LogP contribution in [0.5, 0.6) is 5.75 Å². The molecule has 0 bridgehead atoms. The van der Waals surface area contributed by atoms with Gasteiger partial charge in [-0.1, -0.05) is 43.3 Å². The number of rotatable bonds is 4. The van der Waals surface area contributed by atoms with Crippen LogP contribution < -0.4 is 4.90 Å². The third-order valence-electron chi connectivity index (χ3n) is 5.47. The molecule has 1 atom stereocenters. The summed E-state index contributed by atoms with van der Waals surface area (Å²) in [7, 11) is 0. The van der Waals surface area contributed by atoms with Gasteiger partial charge in [0.05, 0.1) is 17.3 Å². The van der Waals surface area contributed by atoms with E-state index in [1.807, 2.05) is 26.0 Å². The number of phenolic OH excluding ortho intramolecular Hbond substituents is 1. The lowest BCUT2D eigenvalue weighted by molar-refractivity contribution is -0.132. The number of aliphatic hydroxyl groups excluding tert-OH is 1. The van der Waals surface area contributed by atoms with Gasteiger partial charge in [-0.3, -0.25) is 19.5 Å². The summed E-state index contributed by atoms with van der Waals surface area (Å²) in [6.45, 7) is 3.85. The van der Waals surface area contributed by atoms with Gasteiger partial charge in [0.15, 0.2) is 0 Å². The van der Waals surface area contributed by atoms with E-state index in [2.05, 4.69) is 4.98 Å². The van der Waals surface area contributed by atoms with Gasteiger partial charge in [0.25, 0.3) is 11.7 Å². The SMILES string of the molecule is CCc1ccc(/C(O)=C2\C(=O)C(=O)N(c3cc(C)ccc3O)C2c2cccnc2)cc1. The first-order valence-electron chi connectivity index (χ1n) is 10.0. The average Bonchev–Trinajstić information content (AvgIpc) is 3.06. The predicted octanol–water partition coefficient (Wildman–Crippen LogP) is 4.28. The maximum Gasteiger partial charge on any atom is 0.300 e. The number of aromatic hydroxyl groups is 1. The maximum atomic E-state index is 13.1. The van der Waals surface area contributed by atoms with Gasteiger partial charge in [-0.2, -0.15) is 0 Å². The van der Waals surface area contributed by atoms with E-state index in [9.17, 15) is 19.8 Å². The van der Waals surface area contributed by atoms with Gasteiger partial charge in [-0.05, 0) is 48.2 Å². The minimum atomic E-state index is -0.924. The van der Waals surface area contributed by atoms with E-state index in [0.717, 1.165) is 17.5 Å². The summed E-state index contributed by atoms with van der Waals surface area (Å²) in [6.07, 6.45) is 3.97. The second-order valence-electron chi connectivity index (χ2n) is 7.50.